The number of nitrogens with one attached hydrogen (secondary N) is 2. The first-order chi connectivity index (χ1) is 22.5. The smallest absolute Gasteiger partial charge is 0.409 e. The van der Waals surface area contributed by atoms with Crippen LogP contribution >= 0.6 is 11.8 Å². The number of nitrogens with zero attached hydrogens (tertiary/aromatic N) is 3. The van der Waals surface area contributed by atoms with Gasteiger partial charge in [-0.1, -0.05) is 30.3 Å². The van der Waals surface area contributed by atoms with E-state index in [1.807, 2.05) is 30.3 Å². The highest BCUT2D eigenvalue weighted by molar-refractivity contribution is 7.99. The van der Waals surface area contributed by atoms with Crippen molar-refractivity contribution >= 4 is 35.7 Å². The van der Waals surface area contributed by atoms with Crippen LogP contribution in [0.25, 0.3) is 0 Å². The zero-order valence-corrected chi connectivity index (χ0v) is 27.0. The van der Waals surface area contributed by atoms with Crippen LogP contribution < -0.4 is 10.6 Å². The van der Waals surface area contributed by atoms with E-state index < -0.39 is 53.7 Å². The second-order valence-corrected chi connectivity index (χ2v) is 11.7. The zero-order chi connectivity index (χ0) is 34.6. The first kappa shape index (κ1) is 40.1. The summed E-state index contributed by atoms with van der Waals surface area (Å²) in [6, 6.07) is 6.55. The Balaban J connectivity index is 1.98. The van der Waals surface area contributed by atoms with Crippen LogP contribution in [-0.4, -0.2) is 128 Å². The van der Waals surface area contributed by atoms with E-state index in [1.165, 1.54) is 23.6 Å². The maximum Gasteiger partial charge on any atom is 0.409 e. The molecule has 0 aromatic heterocycles. The number of hydrogen-bond acceptors (Lipinski definition) is 16. The standard InChI is InChI=1S/C28H45N5O13S/c1-20(46-33(41)42)45-28(38)29-14-6-5-10-22(30-23(26(35)36)13-12-21-8-3-2-4-9-21)25(34)31-15-7-11-24(31)27(37)43-16-18-47-19-17-44-32(39)40/h2-4,8-9,20,22-24,30,39-42H,5-7,10-19H2,1H3,(H,29,38)(H,35,36). The molecule has 0 radical (unpaired) electrons. The summed E-state index contributed by atoms with van der Waals surface area (Å²) in [4.78, 5) is 61.1. The molecule has 2 rings (SSSR count). The molecule has 4 atom stereocenters. The van der Waals surface area contributed by atoms with Gasteiger partial charge >= 0.3 is 18.0 Å². The van der Waals surface area contributed by atoms with E-state index in [-0.39, 0.29) is 38.0 Å². The first-order valence-electron chi connectivity index (χ1n) is 15.2. The summed E-state index contributed by atoms with van der Waals surface area (Å²) in [6.45, 7) is 1.82. The first-order valence-corrected chi connectivity index (χ1v) is 16.3. The van der Waals surface area contributed by atoms with Gasteiger partial charge < -0.3 is 24.8 Å². The second-order valence-electron chi connectivity index (χ2n) is 10.4. The number of esters is 1. The molecule has 1 aromatic carbocycles. The van der Waals surface area contributed by atoms with E-state index in [4.69, 9.17) is 30.3 Å². The number of thioether (sulfide) groups is 1. The lowest BCUT2D eigenvalue weighted by atomic mass is 10.0. The molecule has 1 saturated heterocycles. The lowest BCUT2D eigenvalue weighted by molar-refractivity contribution is -0.518. The van der Waals surface area contributed by atoms with Gasteiger partial charge in [-0.2, -0.15) is 11.8 Å². The number of hydrogen-bond donors (Lipinski definition) is 7. The lowest BCUT2D eigenvalue weighted by Crippen LogP contribution is -2.54. The summed E-state index contributed by atoms with van der Waals surface area (Å²) in [5.74, 6) is -1.26. The van der Waals surface area contributed by atoms with Crippen LogP contribution in [0.3, 0.4) is 0 Å². The minimum Gasteiger partial charge on any atom is -0.480 e. The third kappa shape index (κ3) is 16.5. The number of ether oxygens (including phenoxy) is 2. The van der Waals surface area contributed by atoms with Crippen molar-refractivity contribution in [2.75, 3.05) is 37.8 Å². The van der Waals surface area contributed by atoms with E-state index in [0.29, 0.717) is 50.2 Å². The maximum absolute atomic E-state index is 13.8. The topological polar surface area (TPSA) is 240 Å². The Morgan fingerprint density at radius 2 is 1.72 bits per heavy atom. The van der Waals surface area contributed by atoms with Crippen LogP contribution in [0.2, 0.25) is 0 Å². The van der Waals surface area contributed by atoms with Gasteiger partial charge in [0, 0.05) is 31.5 Å². The summed E-state index contributed by atoms with van der Waals surface area (Å²) < 4.78 is 10.2. The second kappa shape index (κ2) is 22.5. The van der Waals surface area contributed by atoms with Crippen molar-refractivity contribution in [1.29, 1.82) is 0 Å². The van der Waals surface area contributed by atoms with Crippen LogP contribution in [0.1, 0.15) is 51.0 Å². The van der Waals surface area contributed by atoms with Crippen molar-refractivity contribution in [3.8, 4) is 0 Å². The van der Waals surface area contributed by atoms with Crippen LogP contribution in [0, 0.1) is 0 Å². The number of likely N-dealkylation sites (tertiary alicyclic amines) is 1. The molecule has 1 heterocycles. The van der Waals surface area contributed by atoms with Crippen molar-refractivity contribution in [3.05, 3.63) is 35.9 Å². The van der Waals surface area contributed by atoms with Crippen LogP contribution in [-0.2, 0) is 40.0 Å². The van der Waals surface area contributed by atoms with Crippen molar-refractivity contribution < 1.29 is 64.3 Å². The maximum atomic E-state index is 13.8. The van der Waals surface area contributed by atoms with Crippen molar-refractivity contribution in [2.45, 2.75) is 76.3 Å². The van der Waals surface area contributed by atoms with Crippen molar-refractivity contribution in [1.82, 2.24) is 26.3 Å². The third-order valence-electron chi connectivity index (χ3n) is 6.98. The van der Waals surface area contributed by atoms with Gasteiger partial charge in [-0.3, -0.25) is 35.7 Å². The molecule has 1 aromatic rings. The Hall–Kier alpha value is -3.11. The summed E-state index contributed by atoms with van der Waals surface area (Å²) in [5.41, 5.74) is 0.948. The number of carbonyl (C=O) groups excluding carboxylic acids is 3. The van der Waals surface area contributed by atoms with Gasteiger partial charge in [0.1, 0.15) is 18.7 Å². The quantitative estimate of drug-likeness (QED) is 0.0373. The molecule has 19 heteroatoms. The van der Waals surface area contributed by atoms with Gasteiger partial charge in [-0.05, 0) is 50.5 Å². The molecule has 4 unspecified atom stereocenters. The average molecular weight is 692 g/mol. The van der Waals surface area contributed by atoms with Gasteiger partial charge in [0.2, 0.25) is 12.2 Å². The van der Waals surface area contributed by atoms with E-state index in [1.54, 1.807) is 0 Å². The zero-order valence-electron chi connectivity index (χ0n) is 26.1. The number of alkyl carbamates (subject to hydrolysis) is 1. The molecule has 0 saturated carbocycles. The Labute approximate surface area is 276 Å². The fourth-order valence-corrected chi connectivity index (χ4v) is 5.42. The molecule has 18 nitrogen and oxygen atoms in total. The van der Waals surface area contributed by atoms with E-state index in [9.17, 15) is 24.3 Å². The number of unbranched alkanes of at least 4 members (excludes halogenated alkanes) is 1. The fraction of sp³-hybridized carbons (Fsp3) is 0.643. The molecule has 1 aliphatic heterocycles. The molecular weight excluding hydrogens is 646 g/mol. The van der Waals surface area contributed by atoms with Crippen LogP contribution in [0.4, 0.5) is 4.79 Å². The number of rotatable bonds is 23. The molecule has 2 amide bonds. The summed E-state index contributed by atoms with van der Waals surface area (Å²) in [6.07, 6.45) is 0.507. The normalized spacial score (nSPS) is 16.6. The molecule has 1 fully saturated rings. The predicted octanol–water partition coefficient (Wildman–Crippen LogP) is 1.56. The highest BCUT2D eigenvalue weighted by atomic mass is 32.2. The van der Waals surface area contributed by atoms with E-state index in [2.05, 4.69) is 20.3 Å². The van der Waals surface area contributed by atoms with Gasteiger partial charge in [-0.25, -0.2) is 19.3 Å². The molecule has 1 aliphatic rings. The van der Waals surface area contributed by atoms with Crippen molar-refractivity contribution in [2.24, 2.45) is 0 Å². The number of aryl methyl sites for hydroxylation is 1. The number of carbonyl (C=O) groups is 4. The monoisotopic (exact) mass is 691 g/mol. The Kier molecular flexibility index (Phi) is 19.1. The third-order valence-corrected chi connectivity index (χ3v) is 7.89. The van der Waals surface area contributed by atoms with Gasteiger partial charge in [0.25, 0.3) is 0 Å². The number of benzene rings is 1. The lowest BCUT2D eigenvalue weighted by Gasteiger charge is -2.30. The molecule has 7 N–H and O–H groups in total. The highest BCUT2D eigenvalue weighted by Crippen LogP contribution is 2.22. The predicted molar refractivity (Wildman–Crippen MR) is 162 cm³/mol. The Morgan fingerprint density at radius 3 is 2.40 bits per heavy atom. The largest absolute Gasteiger partial charge is 0.480 e. The number of carboxylic acid groups (broad SMARTS) is 1. The molecule has 266 valence electrons. The molecule has 0 bridgehead atoms. The minimum atomic E-state index is -1.28. The van der Waals surface area contributed by atoms with Gasteiger partial charge in [0.15, 0.2) is 0 Å². The van der Waals surface area contributed by atoms with E-state index in [0.717, 1.165) is 5.56 Å². The molecular formula is C28H45N5O13S. The SMILES string of the molecule is CC(OC(=O)NCCCCC(NC(CCc1ccccc1)C(=O)O)C(=O)N1CCCC1C(=O)OCCSCCON(O)O)ON(O)O. The Morgan fingerprint density at radius 1 is 1.00 bits per heavy atom. The minimum absolute atomic E-state index is 0.0377. The molecule has 0 aliphatic carbocycles. The average Bonchev–Trinajstić information content (AvgIpc) is 3.51. The summed E-state index contributed by atoms with van der Waals surface area (Å²) >= 11 is 1.36. The molecule has 47 heavy (non-hydrogen) atoms. The number of aliphatic carboxylic acids is 1. The van der Waals surface area contributed by atoms with E-state index >= 15 is 0 Å². The van der Waals surface area contributed by atoms with Crippen molar-refractivity contribution in [3.63, 3.8) is 0 Å². The number of amides is 2. The summed E-state index contributed by atoms with van der Waals surface area (Å²) in [5, 5.41) is 48.8. The van der Waals surface area contributed by atoms with Gasteiger partial charge in [-0.15, -0.1) is 0 Å². The van der Waals surface area contributed by atoms with Gasteiger partial charge in [0.05, 0.1) is 23.4 Å². The molecule has 0 spiro atoms. The highest BCUT2D eigenvalue weighted by Gasteiger charge is 2.39. The Bertz CT molecular complexity index is 1090. The fourth-order valence-electron chi connectivity index (χ4n) is 4.82. The summed E-state index contributed by atoms with van der Waals surface area (Å²) in [7, 11) is 0. The van der Waals surface area contributed by atoms with Crippen LogP contribution in [0.15, 0.2) is 30.3 Å². The number of carboxylic acids is 1. The van der Waals surface area contributed by atoms with Crippen LogP contribution in [0.5, 0.6) is 0 Å².